The Hall–Kier alpha value is -3.24. The van der Waals surface area contributed by atoms with Crippen LogP contribution in [0.2, 0.25) is 5.02 Å². The van der Waals surface area contributed by atoms with Crippen molar-refractivity contribution in [2.75, 3.05) is 0 Å². The summed E-state index contributed by atoms with van der Waals surface area (Å²) in [6.45, 7) is 2.49. The number of hydrogen-bond donors (Lipinski definition) is 2. The Kier molecular flexibility index (Phi) is 5.04. The normalized spacial score (nSPS) is 10.8. The lowest BCUT2D eigenvalue weighted by Gasteiger charge is -2.10. The van der Waals surface area contributed by atoms with E-state index < -0.39 is 0 Å². The van der Waals surface area contributed by atoms with Crippen LogP contribution in [0, 0.1) is 6.92 Å². The van der Waals surface area contributed by atoms with Crippen LogP contribution in [0.3, 0.4) is 0 Å². The van der Waals surface area contributed by atoms with Crippen LogP contribution < -0.4 is 4.74 Å². The van der Waals surface area contributed by atoms with E-state index in [0.29, 0.717) is 22.9 Å². The third kappa shape index (κ3) is 3.87. The number of halogens is 1. The summed E-state index contributed by atoms with van der Waals surface area (Å²) in [6.07, 6.45) is 1.74. The molecule has 140 valence electrons. The highest BCUT2D eigenvalue weighted by molar-refractivity contribution is 6.30. The molecule has 4 aromatic rings. The van der Waals surface area contributed by atoms with Gasteiger partial charge in [-0.2, -0.15) is 5.10 Å². The third-order valence-corrected chi connectivity index (χ3v) is 4.81. The van der Waals surface area contributed by atoms with Gasteiger partial charge in [-0.1, -0.05) is 53.6 Å². The van der Waals surface area contributed by atoms with Crippen LogP contribution in [0.25, 0.3) is 22.4 Å². The number of aryl methyl sites for hydroxylation is 1. The number of benzene rings is 3. The molecule has 28 heavy (non-hydrogen) atoms. The molecule has 0 unspecified atom stereocenters. The highest BCUT2D eigenvalue weighted by atomic mass is 35.5. The predicted molar refractivity (Wildman–Crippen MR) is 112 cm³/mol. The van der Waals surface area contributed by atoms with Crippen LogP contribution in [0.4, 0.5) is 0 Å². The monoisotopic (exact) mass is 390 g/mol. The first-order valence-corrected chi connectivity index (χ1v) is 9.29. The second kappa shape index (κ2) is 7.79. The number of aromatic nitrogens is 2. The molecule has 0 amide bonds. The maximum absolute atomic E-state index is 10.6. The average Bonchev–Trinajstić information content (AvgIpc) is 3.18. The van der Waals surface area contributed by atoms with E-state index in [1.807, 2.05) is 48.5 Å². The second-order valence-corrected chi connectivity index (χ2v) is 7.06. The smallest absolute Gasteiger partial charge is 0.128 e. The topological polar surface area (TPSA) is 58.1 Å². The Labute approximate surface area is 168 Å². The minimum absolute atomic E-state index is 0.126. The summed E-state index contributed by atoms with van der Waals surface area (Å²) >= 11 is 5.98. The van der Waals surface area contributed by atoms with Crippen LogP contribution in [0.15, 0.2) is 72.9 Å². The lowest BCUT2D eigenvalue weighted by Crippen LogP contribution is -1.95. The van der Waals surface area contributed by atoms with E-state index in [0.717, 1.165) is 22.4 Å². The first-order valence-electron chi connectivity index (χ1n) is 8.91. The molecule has 0 saturated carbocycles. The molecule has 3 aromatic carbocycles. The van der Waals surface area contributed by atoms with Gasteiger partial charge in [-0.15, -0.1) is 0 Å². The third-order valence-electron chi connectivity index (χ3n) is 4.56. The molecular weight excluding hydrogens is 372 g/mol. The van der Waals surface area contributed by atoms with E-state index in [9.17, 15) is 5.11 Å². The molecule has 0 fully saturated rings. The van der Waals surface area contributed by atoms with Crippen molar-refractivity contribution >= 4 is 11.6 Å². The van der Waals surface area contributed by atoms with E-state index >= 15 is 0 Å². The standard InChI is InChI=1S/C23H19ClN2O2/c1-15-2-4-16(5-3-15)14-28-19-10-11-20(22(27)12-19)23-21(13-25-26-23)17-6-8-18(24)9-7-17/h2-13,27H,14H2,1H3,(H,25,26). The van der Waals surface area contributed by atoms with E-state index in [-0.39, 0.29) is 5.75 Å². The van der Waals surface area contributed by atoms with Crippen molar-refractivity contribution in [3.05, 3.63) is 89.1 Å². The average molecular weight is 391 g/mol. The summed E-state index contributed by atoms with van der Waals surface area (Å²) in [4.78, 5) is 0. The predicted octanol–water partition coefficient (Wildman–Crippen LogP) is 5.99. The van der Waals surface area contributed by atoms with Gasteiger partial charge >= 0.3 is 0 Å². The van der Waals surface area contributed by atoms with Crippen LogP contribution in [-0.2, 0) is 6.61 Å². The van der Waals surface area contributed by atoms with Gasteiger partial charge in [0.1, 0.15) is 18.1 Å². The number of hydrogen-bond acceptors (Lipinski definition) is 3. The van der Waals surface area contributed by atoms with E-state index in [1.165, 1.54) is 5.56 Å². The molecule has 0 aliphatic heterocycles. The number of phenolic OH excluding ortho intramolecular Hbond substituents is 1. The van der Waals surface area contributed by atoms with Crippen molar-refractivity contribution in [2.24, 2.45) is 0 Å². The molecule has 0 aliphatic rings. The van der Waals surface area contributed by atoms with Gasteiger partial charge in [-0.25, -0.2) is 0 Å². The highest BCUT2D eigenvalue weighted by Gasteiger charge is 2.14. The van der Waals surface area contributed by atoms with Crippen LogP contribution in [0.1, 0.15) is 11.1 Å². The number of nitrogens with one attached hydrogen (secondary N) is 1. The van der Waals surface area contributed by atoms with Gasteiger partial charge in [-0.05, 0) is 42.3 Å². The van der Waals surface area contributed by atoms with Crippen molar-refractivity contribution in [1.82, 2.24) is 10.2 Å². The zero-order chi connectivity index (χ0) is 19.5. The van der Waals surface area contributed by atoms with Gasteiger partial charge in [0.15, 0.2) is 0 Å². The molecule has 4 nitrogen and oxygen atoms in total. The maximum Gasteiger partial charge on any atom is 0.128 e. The van der Waals surface area contributed by atoms with Gasteiger partial charge in [0, 0.05) is 22.2 Å². The number of phenols is 1. The van der Waals surface area contributed by atoms with Crippen molar-refractivity contribution < 1.29 is 9.84 Å². The van der Waals surface area contributed by atoms with E-state index in [4.69, 9.17) is 16.3 Å². The first kappa shape index (κ1) is 18.1. The molecule has 0 radical (unpaired) electrons. The minimum atomic E-state index is 0.126. The van der Waals surface area contributed by atoms with Gasteiger partial charge in [-0.3, -0.25) is 5.10 Å². The van der Waals surface area contributed by atoms with E-state index in [2.05, 4.69) is 29.3 Å². The summed E-state index contributed by atoms with van der Waals surface area (Å²) in [7, 11) is 0. The molecule has 0 spiro atoms. The fraction of sp³-hybridized carbons (Fsp3) is 0.0870. The Balaban J connectivity index is 1.56. The zero-order valence-electron chi connectivity index (χ0n) is 15.3. The summed E-state index contributed by atoms with van der Waals surface area (Å²) in [5.74, 6) is 0.732. The Morgan fingerprint density at radius 3 is 2.43 bits per heavy atom. The number of ether oxygens (including phenoxy) is 1. The molecule has 1 aromatic heterocycles. The number of nitrogens with zero attached hydrogens (tertiary/aromatic N) is 1. The summed E-state index contributed by atoms with van der Waals surface area (Å²) in [5, 5.41) is 18.4. The summed E-state index contributed by atoms with van der Waals surface area (Å²) in [5.41, 5.74) is 5.54. The van der Waals surface area contributed by atoms with Gasteiger partial charge < -0.3 is 9.84 Å². The SMILES string of the molecule is Cc1ccc(COc2ccc(-c3[nH]ncc3-c3ccc(Cl)cc3)c(O)c2)cc1. The molecule has 0 aliphatic carbocycles. The Morgan fingerprint density at radius 2 is 1.71 bits per heavy atom. The molecule has 0 saturated heterocycles. The summed E-state index contributed by atoms with van der Waals surface area (Å²) < 4.78 is 5.81. The second-order valence-electron chi connectivity index (χ2n) is 6.62. The lowest BCUT2D eigenvalue weighted by atomic mass is 10.0. The molecule has 0 atom stereocenters. The molecule has 1 heterocycles. The van der Waals surface area contributed by atoms with Gasteiger partial charge in [0.25, 0.3) is 0 Å². The fourth-order valence-corrected chi connectivity index (χ4v) is 3.13. The van der Waals surface area contributed by atoms with Crippen LogP contribution >= 0.6 is 11.6 Å². The number of aromatic hydroxyl groups is 1. The fourth-order valence-electron chi connectivity index (χ4n) is 3.00. The van der Waals surface area contributed by atoms with Gasteiger partial charge in [0.2, 0.25) is 0 Å². The quantitative estimate of drug-likeness (QED) is 0.440. The number of aromatic amines is 1. The Bertz CT molecular complexity index is 1090. The van der Waals surface area contributed by atoms with Crippen molar-refractivity contribution in [3.63, 3.8) is 0 Å². The molecule has 0 bridgehead atoms. The minimum Gasteiger partial charge on any atom is -0.507 e. The highest BCUT2D eigenvalue weighted by Crippen LogP contribution is 2.37. The van der Waals surface area contributed by atoms with Gasteiger partial charge in [0.05, 0.1) is 11.9 Å². The molecule has 4 rings (SSSR count). The van der Waals surface area contributed by atoms with Crippen molar-refractivity contribution in [3.8, 4) is 33.9 Å². The van der Waals surface area contributed by atoms with Crippen molar-refractivity contribution in [2.45, 2.75) is 13.5 Å². The summed E-state index contributed by atoms with van der Waals surface area (Å²) in [6, 6.07) is 21.0. The largest absolute Gasteiger partial charge is 0.507 e. The molecular formula is C23H19ClN2O2. The zero-order valence-corrected chi connectivity index (χ0v) is 16.1. The Morgan fingerprint density at radius 1 is 0.964 bits per heavy atom. The molecule has 5 heteroatoms. The van der Waals surface area contributed by atoms with Crippen molar-refractivity contribution in [1.29, 1.82) is 0 Å². The number of rotatable bonds is 5. The molecule has 2 N–H and O–H groups in total. The number of H-pyrrole nitrogens is 1. The van der Waals surface area contributed by atoms with E-state index in [1.54, 1.807) is 12.3 Å². The van der Waals surface area contributed by atoms with Crippen LogP contribution in [0.5, 0.6) is 11.5 Å². The maximum atomic E-state index is 10.6. The lowest BCUT2D eigenvalue weighted by molar-refractivity contribution is 0.304. The van der Waals surface area contributed by atoms with Crippen LogP contribution in [-0.4, -0.2) is 15.3 Å². The first-order chi connectivity index (χ1) is 13.6.